The van der Waals surface area contributed by atoms with Crippen LogP contribution in [-0.2, 0) is 6.54 Å². The van der Waals surface area contributed by atoms with Crippen molar-refractivity contribution in [1.82, 2.24) is 4.90 Å². The monoisotopic (exact) mass is 273 g/mol. The Kier molecular flexibility index (Phi) is 4.88. The fourth-order valence-electron chi connectivity index (χ4n) is 2.34. The standard InChI is InChI=1S/C17H20FNO/c1-13-7-3-5-9-15(13)17(20)12-19(2)11-14-8-4-6-10-16(14)18/h3-10,17,20H,11-12H2,1-2H3. The van der Waals surface area contributed by atoms with Crippen molar-refractivity contribution < 1.29 is 9.50 Å². The van der Waals surface area contributed by atoms with Crippen LogP contribution >= 0.6 is 0 Å². The molecule has 0 bridgehead atoms. The summed E-state index contributed by atoms with van der Waals surface area (Å²) in [6, 6.07) is 14.5. The number of benzene rings is 2. The molecule has 0 fully saturated rings. The summed E-state index contributed by atoms with van der Waals surface area (Å²) in [6.07, 6.45) is -0.562. The topological polar surface area (TPSA) is 23.5 Å². The Balaban J connectivity index is 2.00. The van der Waals surface area contributed by atoms with Crippen molar-refractivity contribution in [3.8, 4) is 0 Å². The van der Waals surface area contributed by atoms with Crippen LogP contribution in [0.3, 0.4) is 0 Å². The van der Waals surface area contributed by atoms with E-state index in [2.05, 4.69) is 0 Å². The molecule has 2 aromatic carbocycles. The molecular weight excluding hydrogens is 253 g/mol. The molecule has 1 unspecified atom stereocenters. The molecule has 0 aliphatic heterocycles. The van der Waals surface area contributed by atoms with Crippen LogP contribution in [-0.4, -0.2) is 23.6 Å². The maximum Gasteiger partial charge on any atom is 0.127 e. The first-order valence-corrected chi connectivity index (χ1v) is 6.73. The van der Waals surface area contributed by atoms with Crippen LogP contribution in [0.5, 0.6) is 0 Å². The van der Waals surface area contributed by atoms with Gasteiger partial charge in [0.25, 0.3) is 0 Å². The molecule has 0 saturated carbocycles. The average Bonchev–Trinajstić information content (AvgIpc) is 2.41. The Morgan fingerprint density at radius 1 is 1.10 bits per heavy atom. The van der Waals surface area contributed by atoms with Gasteiger partial charge in [0.15, 0.2) is 0 Å². The minimum Gasteiger partial charge on any atom is -0.387 e. The van der Waals surface area contributed by atoms with Crippen LogP contribution in [0.25, 0.3) is 0 Å². The number of nitrogens with zero attached hydrogens (tertiary/aromatic N) is 1. The Bertz CT molecular complexity index is 570. The lowest BCUT2D eigenvalue weighted by Crippen LogP contribution is -2.25. The van der Waals surface area contributed by atoms with Gasteiger partial charge in [-0.05, 0) is 31.2 Å². The maximum absolute atomic E-state index is 13.6. The van der Waals surface area contributed by atoms with Gasteiger partial charge in [0.2, 0.25) is 0 Å². The first-order valence-electron chi connectivity index (χ1n) is 6.73. The van der Waals surface area contributed by atoms with Crippen LogP contribution in [0.15, 0.2) is 48.5 Å². The highest BCUT2D eigenvalue weighted by Crippen LogP contribution is 2.19. The third-order valence-electron chi connectivity index (χ3n) is 3.43. The Morgan fingerprint density at radius 3 is 2.45 bits per heavy atom. The highest BCUT2D eigenvalue weighted by molar-refractivity contribution is 5.27. The normalized spacial score (nSPS) is 12.7. The summed E-state index contributed by atoms with van der Waals surface area (Å²) in [5, 5.41) is 10.3. The number of aryl methyl sites for hydroxylation is 1. The Labute approximate surface area is 119 Å². The molecule has 0 saturated heterocycles. The van der Waals surface area contributed by atoms with Gasteiger partial charge in [-0.25, -0.2) is 4.39 Å². The molecule has 0 spiro atoms. The number of aliphatic hydroxyl groups excluding tert-OH is 1. The Morgan fingerprint density at radius 2 is 1.75 bits per heavy atom. The molecule has 0 aliphatic rings. The lowest BCUT2D eigenvalue weighted by Gasteiger charge is -2.22. The highest BCUT2D eigenvalue weighted by atomic mass is 19.1. The van der Waals surface area contributed by atoms with Gasteiger partial charge in [0.05, 0.1) is 6.10 Å². The summed E-state index contributed by atoms with van der Waals surface area (Å²) in [7, 11) is 1.88. The van der Waals surface area contributed by atoms with Gasteiger partial charge in [-0.2, -0.15) is 0 Å². The molecule has 0 aliphatic carbocycles. The van der Waals surface area contributed by atoms with Crippen LogP contribution in [0, 0.1) is 12.7 Å². The van der Waals surface area contributed by atoms with Gasteiger partial charge in [0.1, 0.15) is 5.82 Å². The summed E-state index contributed by atoms with van der Waals surface area (Å²) in [5.41, 5.74) is 2.64. The second-order valence-corrected chi connectivity index (χ2v) is 5.16. The third-order valence-corrected chi connectivity index (χ3v) is 3.43. The van der Waals surface area contributed by atoms with Crippen LogP contribution < -0.4 is 0 Å². The summed E-state index contributed by atoms with van der Waals surface area (Å²) >= 11 is 0. The smallest absolute Gasteiger partial charge is 0.127 e. The van der Waals surface area contributed by atoms with Crippen molar-refractivity contribution in [3.63, 3.8) is 0 Å². The Hall–Kier alpha value is -1.71. The summed E-state index contributed by atoms with van der Waals surface area (Å²) in [4.78, 5) is 1.93. The number of halogens is 1. The van der Waals surface area contributed by atoms with E-state index in [1.165, 1.54) is 6.07 Å². The van der Waals surface area contributed by atoms with E-state index < -0.39 is 6.10 Å². The molecule has 0 aromatic heterocycles. The quantitative estimate of drug-likeness (QED) is 0.903. The summed E-state index contributed by atoms with van der Waals surface area (Å²) < 4.78 is 13.6. The van der Waals surface area contributed by atoms with Crippen molar-refractivity contribution in [2.75, 3.05) is 13.6 Å². The van der Waals surface area contributed by atoms with Crippen molar-refractivity contribution in [2.24, 2.45) is 0 Å². The minimum absolute atomic E-state index is 0.204. The van der Waals surface area contributed by atoms with E-state index in [1.54, 1.807) is 12.1 Å². The van der Waals surface area contributed by atoms with Gasteiger partial charge in [0, 0.05) is 18.7 Å². The lowest BCUT2D eigenvalue weighted by molar-refractivity contribution is 0.122. The molecule has 106 valence electrons. The zero-order valence-electron chi connectivity index (χ0n) is 11.9. The largest absolute Gasteiger partial charge is 0.387 e. The predicted molar refractivity (Wildman–Crippen MR) is 78.9 cm³/mol. The van der Waals surface area contributed by atoms with E-state index in [-0.39, 0.29) is 5.82 Å². The van der Waals surface area contributed by atoms with Gasteiger partial charge in [-0.15, -0.1) is 0 Å². The van der Waals surface area contributed by atoms with Crippen molar-refractivity contribution >= 4 is 0 Å². The highest BCUT2D eigenvalue weighted by Gasteiger charge is 2.13. The first-order chi connectivity index (χ1) is 9.58. The van der Waals surface area contributed by atoms with Crippen molar-refractivity contribution in [2.45, 2.75) is 19.6 Å². The van der Waals surface area contributed by atoms with Gasteiger partial charge in [-0.1, -0.05) is 42.5 Å². The van der Waals surface area contributed by atoms with Crippen LogP contribution in [0.4, 0.5) is 4.39 Å². The molecule has 2 rings (SSSR count). The van der Waals surface area contributed by atoms with Crippen molar-refractivity contribution in [1.29, 1.82) is 0 Å². The fourth-order valence-corrected chi connectivity index (χ4v) is 2.34. The molecule has 1 atom stereocenters. The van der Waals surface area contributed by atoms with Gasteiger partial charge in [-0.3, -0.25) is 4.90 Å². The van der Waals surface area contributed by atoms with E-state index in [9.17, 15) is 9.50 Å². The second kappa shape index (κ2) is 6.64. The molecule has 0 radical (unpaired) electrons. The second-order valence-electron chi connectivity index (χ2n) is 5.16. The summed E-state index contributed by atoms with van der Waals surface area (Å²) in [6.45, 7) is 2.93. The number of hydrogen-bond acceptors (Lipinski definition) is 2. The maximum atomic E-state index is 13.6. The fraction of sp³-hybridized carbons (Fsp3) is 0.294. The zero-order valence-corrected chi connectivity index (χ0v) is 11.9. The molecule has 1 N–H and O–H groups in total. The van der Waals surface area contributed by atoms with Gasteiger partial charge < -0.3 is 5.11 Å². The average molecular weight is 273 g/mol. The van der Waals surface area contributed by atoms with Crippen LogP contribution in [0.1, 0.15) is 22.8 Å². The molecule has 2 nitrogen and oxygen atoms in total. The number of hydrogen-bond donors (Lipinski definition) is 1. The molecule has 20 heavy (non-hydrogen) atoms. The minimum atomic E-state index is -0.562. The zero-order chi connectivity index (χ0) is 14.5. The van der Waals surface area contributed by atoms with E-state index >= 15 is 0 Å². The van der Waals surface area contributed by atoms with E-state index in [1.807, 2.05) is 49.2 Å². The van der Waals surface area contributed by atoms with E-state index in [4.69, 9.17) is 0 Å². The van der Waals surface area contributed by atoms with Crippen molar-refractivity contribution in [3.05, 3.63) is 71.0 Å². The molecule has 2 aromatic rings. The molecule has 0 heterocycles. The number of rotatable bonds is 5. The molecule has 3 heteroatoms. The SMILES string of the molecule is Cc1ccccc1C(O)CN(C)Cc1ccccc1F. The summed E-state index contributed by atoms with van der Waals surface area (Å²) in [5.74, 6) is -0.204. The number of likely N-dealkylation sites (N-methyl/N-ethyl adjacent to an activating group) is 1. The molecule has 0 amide bonds. The van der Waals surface area contributed by atoms with E-state index in [0.29, 0.717) is 18.7 Å². The lowest BCUT2D eigenvalue weighted by atomic mass is 10.0. The van der Waals surface area contributed by atoms with Gasteiger partial charge >= 0.3 is 0 Å². The van der Waals surface area contributed by atoms with Crippen LogP contribution in [0.2, 0.25) is 0 Å². The first kappa shape index (κ1) is 14.7. The van der Waals surface area contributed by atoms with E-state index in [0.717, 1.165) is 11.1 Å². The molecular formula is C17H20FNO. The number of aliphatic hydroxyl groups is 1. The predicted octanol–water partition coefficient (Wildman–Crippen LogP) is 3.30. The third kappa shape index (κ3) is 3.65.